The molecule has 0 spiro atoms. The molecule has 0 aliphatic heterocycles. The monoisotopic (exact) mass is 400 g/mol. The van der Waals surface area contributed by atoms with Crippen LogP contribution in [0.15, 0.2) is 24.3 Å². The van der Waals surface area contributed by atoms with Gasteiger partial charge in [-0.2, -0.15) is 0 Å². The fourth-order valence-electron chi connectivity index (χ4n) is 3.46. The van der Waals surface area contributed by atoms with Crippen molar-refractivity contribution in [3.63, 3.8) is 0 Å². The van der Waals surface area contributed by atoms with Gasteiger partial charge in [-0.25, -0.2) is 0 Å². The van der Waals surface area contributed by atoms with Gasteiger partial charge in [-0.1, -0.05) is 39.8 Å². The maximum atomic E-state index is 12.4. The zero-order chi connectivity index (χ0) is 20.5. The Bertz CT molecular complexity index is 878. The van der Waals surface area contributed by atoms with Crippen molar-refractivity contribution in [2.75, 3.05) is 11.9 Å². The van der Waals surface area contributed by atoms with Crippen molar-refractivity contribution in [2.45, 2.75) is 52.4 Å². The third-order valence-electron chi connectivity index (χ3n) is 5.10. The van der Waals surface area contributed by atoms with Gasteiger partial charge in [-0.15, -0.1) is 11.3 Å². The molecular weight excluding hydrogens is 372 g/mol. The summed E-state index contributed by atoms with van der Waals surface area (Å²) in [6, 6.07) is 7.75. The Morgan fingerprint density at radius 1 is 1.25 bits per heavy atom. The minimum Gasteiger partial charge on any atom is -0.484 e. The van der Waals surface area contributed by atoms with Crippen molar-refractivity contribution >= 4 is 28.2 Å². The summed E-state index contributed by atoms with van der Waals surface area (Å²) in [7, 11) is 0. The highest BCUT2D eigenvalue weighted by atomic mass is 32.1. The van der Waals surface area contributed by atoms with E-state index >= 15 is 0 Å². The molecule has 1 aromatic carbocycles. The quantitative estimate of drug-likeness (QED) is 0.786. The summed E-state index contributed by atoms with van der Waals surface area (Å²) in [6.07, 6.45) is 2.79. The van der Waals surface area contributed by atoms with Crippen molar-refractivity contribution in [1.29, 1.82) is 0 Å². The van der Waals surface area contributed by atoms with Gasteiger partial charge in [-0.3, -0.25) is 9.59 Å². The summed E-state index contributed by atoms with van der Waals surface area (Å²) >= 11 is 1.46. The lowest BCUT2D eigenvalue weighted by molar-refractivity contribution is -0.118. The number of fused-ring (bicyclic) bond motifs is 1. The Hall–Kier alpha value is -2.34. The molecule has 5 nitrogen and oxygen atoms in total. The van der Waals surface area contributed by atoms with E-state index in [1.807, 2.05) is 24.3 Å². The molecule has 6 heteroatoms. The number of carbonyl (C=O) groups is 2. The highest BCUT2D eigenvalue weighted by molar-refractivity contribution is 7.17. The highest BCUT2D eigenvalue weighted by Gasteiger charge is 2.27. The van der Waals surface area contributed by atoms with Crippen molar-refractivity contribution < 1.29 is 14.3 Å². The van der Waals surface area contributed by atoms with Crippen LogP contribution in [-0.4, -0.2) is 18.4 Å². The largest absolute Gasteiger partial charge is 0.484 e. The molecule has 0 saturated carbocycles. The van der Waals surface area contributed by atoms with Gasteiger partial charge in [0.25, 0.3) is 11.8 Å². The number of hydrogen-bond donors (Lipinski definition) is 2. The molecule has 2 aromatic rings. The molecule has 1 aliphatic rings. The number of rotatable bonds is 5. The number of ether oxygens (including phenoxy) is 1. The van der Waals surface area contributed by atoms with Gasteiger partial charge < -0.3 is 15.8 Å². The van der Waals surface area contributed by atoms with E-state index in [1.165, 1.54) is 16.9 Å². The van der Waals surface area contributed by atoms with Crippen molar-refractivity contribution in [1.82, 2.24) is 0 Å². The lowest BCUT2D eigenvalue weighted by Crippen LogP contribution is -2.22. The number of amides is 2. The van der Waals surface area contributed by atoms with Gasteiger partial charge in [-0.05, 0) is 53.9 Å². The van der Waals surface area contributed by atoms with E-state index in [2.05, 4.69) is 33.0 Å². The SMILES string of the molecule is CC1CCc2c(sc(NC(=O)COc3ccc(C(C)(C)C)cc3)c2C(N)=O)C1. The molecule has 0 bridgehead atoms. The second kappa shape index (κ2) is 7.95. The summed E-state index contributed by atoms with van der Waals surface area (Å²) in [5.74, 6) is 0.433. The first-order chi connectivity index (χ1) is 13.1. The van der Waals surface area contributed by atoms with Gasteiger partial charge >= 0.3 is 0 Å². The molecular formula is C22H28N2O3S. The Morgan fingerprint density at radius 3 is 2.54 bits per heavy atom. The van der Waals surface area contributed by atoms with E-state index in [0.717, 1.165) is 29.7 Å². The van der Waals surface area contributed by atoms with Crippen LogP contribution in [0.2, 0.25) is 0 Å². The first-order valence-electron chi connectivity index (χ1n) is 9.62. The minimum atomic E-state index is -0.485. The maximum Gasteiger partial charge on any atom is 0.262 e. The topological polar surface area (TPSA) is 81.4 Å². The van der Waals surface area contributed by atoms with Crippen LogP contribution in [0, 0.1) is 5.92 Å². The number of carbonyl (C=O) groups excluding carboxylic acids is 2. The molecule has 1 heterocycles. The number of benzene rings is 1. The van der Waals surface area contributed by atoms with Gasteiger partial charge in [0.2, 0.25) is 0 Å². The van der Waals surface area contributed by atoms with Crippen LogP contribution in [0.1, 0.15) is 60.5 Å². The highest BCUT2D eigenvalue weighted by Crippen LogP contribution is 2.39. The van der Waals surface area contributed by atoms with E-state index in [9.17, 15) is 9.59 Å². The van der Waals surface area contributed by atoms with Crippen LogP contribution < -0.4 is 15.8 Å². The van der Waals surface area contributed by atoms with Crippen LogP contribution >= 0.6 is 11.3 Å². The molecule has 0 saturated heterocycles. The Morgan fingerprint density at radius 2 is 1.93 bits per heavy atom. The number of hydrogen-bond acceptors (Lipinski definition) is 4. The number of nitrogens with two attached hydrogens (primary N) is 1. The summed E-state index contributed by atoms with van der Waals surface area (Å²) in [5, 5.41) is 3.37. The van der Waals surface area contributed by atoms with Crippen LogP contribution in [0.25, 0.3) is 0 Å². The normalized spacial score (nSPS) is 16.4. The summed E-state index contributed by atoms with van der Waals surface area (Å²) < 4.78 is 5.60. The second-order valence-electron chi connectivity index (χ2n) is 8.53. The first-order valence-corrected chi connectivity index (χ1v) is 10.4. The maximum absolute atomic E-state index is 12.4. The number of primary amides is 1. The molecule has 28 heavy (non-hydrogen) atoms. The van der Waals surface area contributed by atoms with Crippen molar-refractivity contribution in [3.05, 3.63) is 45.8 Å². The molecule has 1 atom stereocenters. The zero-order valence-corrected chi connectivity index (χ0v) is 17.7. The van der Waals surface area contributed by atoms with E-state index in [4.69, 9.17) is 10.5 Å². The molecule has 1 aromatic heterocycles. The zero-order valence-electron chi connectivity index (χ0n) is 16.9. The lowest BCUT2D eigenvalue weighted by Gasteiger charge is -2.19. The minimum absolute atomic E-state index is 0.0663. The van der Waals surface area contributed by atoms with Crippen LogP contribution in [0.4, 0.5) is 5.00 Å². The fraction of sp³-hybridized carbons (Fsp3) is 0.455. The second-order valence-corrected chi connectivity index (χ2v) is 9.64. The number of anilines is 1. The summed E-state index contributed by atoms with van der Waals surface area (Å²) in [6.45, 7) is 8.52. The lowest BCUT2D eigenvalue weighted by atomic mass is 9.87. The molecule has 1 aliphatic carbocycles. The molecule has 3 N–H and O–H groups in total. The predicted octanol–water partition coefficient (Wildman–Crippen LogP) is 4.29. The van der Waals surface area contributed by atoms with E-state index in [1.54, 1.807) is 0 Å². The standard InChI is InChI=1S/C22H28N2O3S/c1-13-5-10-16-17(11-13)28-21(19(16)20(23)26)24-18(25)12-27-15-8-6-14(7-9-15)22(2,3)4/h6-9,13H,5,10-12H2,1-4H3,(H2,23,26)(H,24,25). The average Bonchev–Trinajstić information content (AvgIpc) is 2.96. The Labute approximate surface area is 170 Å². The molecule has 3 rings (SSSR count). The molecule has 1 unspecified atom stereocenters. The van der Waals surface area contributed by atoms with Crippen LogP contribution in [0.5, 0.6) is 5.75 Å². The average molecular weight is 401 g/mol. The van der Waals surface area contributed by atoms with E-state index in [-0.39, 0.29) is 17.9 Å². The first kappa shape index (κ1) is 20.4. The Kier molecular flexibility index (Phi) is 5.79. The van der Waals surface area contributed by atoms with Gasteiger partial charge in [0.05, 0.1) is 5.56 Å². The van der Waals surface area contributed by atoms with Crippen molar-refractivity contribution in [2.24, 2.45) is 11.7 Å². The molecule has 0 radical (unpaired) electrons. The molecule has 150 valence electrons. The predicted molar refractivity (Wildman–Crippen MR) is 113 cm³/mol. The summed E-state index contributed by atoms with van der Waals surface area (Å²) in [5.41, 5.74) is 8.33. The fourth-order valence-corrected chi connectivity index (χ4v) is 4.89. The number of nitrogens with one attached hydrogen (secondary N) is 1. The van der Waals surface area contributed by atoms with E-state index in [0.29, 0.717) is 22.2 Å². The van der Waals surface area contributed by atoms with Gasteiger partial charge in [0.1, 0.15) is 10.8 Å². The molecule has 2 amide bonds. The third kappa shape index (κ3) is 4.55. The van der Waals surface area contributed by atoms with Crippen LogP contribution in [-0.2, 0) is 23.1 Å². The Balaban J connectivity index is 1.66. The molecule has 0 fully saturated rings. The van der Waals surface area contributed by atoms with Crippen molar-refractivity contribution in [3.8, 4) is 5.75 Å². The van der Waals surface area contributed by atoms with E-state index < -0.39 is 5.91 Å². The summed E-state index contributed by atoms with van der Waals surface area (Å²) in [4.78, 5) is 25.5. The van der Waals surface area contributed by atoms with Crippen LogP contribution in [0.3, 0.4) is 0 Å². The number of thiophene rings is 1. The smallest absolute Gasteiger partial charge is 0.262 e. The van der Waals surface area contributed by atoms with Gasteiger partial charge in [0, 0.05) is 4.88 Å². The third-order valence-corrected chi connectivity index (χ3v) is 6.27. The van der Waals surface area contributed by atoms with Gasteiger partial charge in [0.15, 0.2) is 6.61 Å².